The maximum atomic E-state index is 13.1. The third-order valence-corrected chi connectivity index (χ3v) is 18.7. The van der Waals surface area contributed by atoms with Crippen LogP contribution in [0, 0.1) is 0 Å². The molecule has 0 bridgehead atoms. The molecule has 0 amide bonds. The minimum Gasteiger partial charge on any atom is -0.462 e. The lowest BCUT2D eigenvalue weighted by atomic mass is 10.1. The number of ether oxygens (including phenoxy) is 4. The first-order valence-corrected chi connectivity index (χ1v) is 45.0. The Hall–Kier alpha value is -5.84. The van der Waals surface area contributed by atoms with Gasteiger partial charge < -0.3 is 33.8 Å². The molecule has 0 aromatic heterocycles. The van der Waals surface area contributed by atoms with Crippen molar-refractivity contribution in [2.24, 2.45) is 0 Å². The second-order valence-corrected chi connectivity index (χ2v) is 30.2. The lowest BCUT2D eigenvalue weighted by Crippen LogP contribution is -2.30. The number of unbranched alkanes of at least 4 members (excludes halogenated alkanes) is 21. The molecule has 0 saturated carbocycles. The standard InChI is InChI=1S/C91H148O17P2/c1-5-9-13-17-21-25-29-33-37-40-42-45-48-51-55-59-63-67-71-75-88(93)101-81-86(107-90(95)77-73-69-65-61-57-53-47-36-32-28-24-20-16-12-8-4)83-105-109(97,98)103-79-85(92)80-104-110(99,100)106-84-87(108-91(96)78-74-70-66-62-58-54-50-44-39-35-31-27-23-19-15-11-7-3)82-102-89(94)76-72-68-64-60-56-52-49-46-43-41-38-34-30-26-22-18-14-10-6-2/h9,13,21-23,25-28,32-35,37-39,42-43,45-46,50-52,54-56,62,64,66,68,85-87,92H,5-8,10-12,14-20,24,29-31,36,40-41,44,47-49,53,57-61,63,65,67,69-84H2,1-4H3,(H,97,98)(H,99,100)/b13-9-,25-21-,26-22-,27-23-,32-28-,37-33-,38-34-,39-35-,45-42-,46-43-,54-50-,55-51-,56-52-,66-62-,68-64-/t85-,86-,87-/m1/s1. The Bertz CT molecular complexity index is 2800. The van der Waals surface area contributed by atoms with Crippen LogP contribution < -0.4 is 0 Å². The number of hydrogen-bond acceptors (Lipinski definition) is 15. The zero-order valence-corrected chi connectivity index (χ0v) is 70.1. The van der Waals surface area contributed by atoms with Gasteiger partial charge in [-0.2, -0.15) is 0 Å². The molecule has 5 atom stereocenters. The molecule has 0 aromatic rings. The predicted molar refractivity (Wildman–Crippen MR) is 454 cm³/mol. The van der Waals surface area contributed by atoms with Crippen LogP contribution in [0.25, 0.3) is 0 Å². The van der Waals surface area contributed by atoms with Gasteiger partial charge in [-0.25, -0.2) is 9.13 Å². The number of aliphatic hydroxyl groups is 1. The van der Waals surface area contributed by atoms with Gasteiger partial charge in [-0.15, -0.1) is 0 Å². The van der Waals surface area contributed by atoms with Crippen LogP contribution in [0.3, 0.4) is 0 Å². The van der Waals surface area contributed by atoms with Gasteiger partial charge in [0, 0.05) is 25.7 Å². The summed E-state index contributed by atoms with van der Waals surface area (Å²) >= 11 is 0. The van der Waals surface area contributed by atoms with E-state index < -0.39 is 97.5 Å². The third kappa shape index (κ3) is 80.2. The van der Waals surface area contributed by atoms with Crippen LogP contribution in [0.2, 0.25) is 0 Å². The van der Waals surface area contributed by atoms with Crippen LogP contribution >= 0.6 is 15.6 Å². The molecule has 0 spiro atoms. The van der Waals surface area contributed by atoms with Crippen LogP contribution in [0.5, 0.6) is 0 Å². The number of phosphoric ester groups is 2. The molecule has 0 radical (unpaired) electrons. The lowest BCUT2D eigenvalue weighted by molar-refractivity contribution is -0.161. The molecule has 0 heterocycles. The summed E-state index contributed by atoms with van der Waals surface area (Å²) in [5.41, 5.74) is 0. The Labute approximate surface area is 666 Å². The summed E-state index contributed by atoms with van der Waals surface area (Å²) < 4.78 is 68.6. The largest absolute Gasteiger partial charge is 0.472 e. The molecule has 0 rings (SSSR count). The van der Waals surface area contributed by atoms with E-state index in [1.54, 1.807) is 0 Å². The number of rotatable bonds is 77. The SMILES string of the molecule is CC/C=C\C/C=C\C/C=C\C/C=C\C/C=C\CCCCCC(=O)OC[C@H](COP(=O)(O)OC[C@@H](O)COP(=O)(O)OC[C@@H](COC(=O)CC/C=C\C/C=C\C/C=C\C/C=C\C/C=C\CCCCC)OC(=O)CCC/C=C\C/C=C\C/C=C\C/C=C\CCCCC)OC(=O)CCCCCCCCC/C=C\CCCCCC. The lowest BCUT2D eigenvalue weighted by Gasteiger charge is -2.21. The predicted octanol–water partition coefficient (Wildman–Crippen LogP) is 25.1. The number of aliphatic hydroxyl groups excluding tert-OH is 1. The number of phosphoric acid groups is 2. The second-order valence-electron chi connectivity index (χ2n) is 27.3. The Kier molecular flexibility index (Phi) is 76.9. The fraction of sp³-hybridized carbons (Fsp3) is 0.626. The molecule has 624 valence electrons. The minimum atomic E-state index is -5.02. The summed E-state index contributed by atoms with van der Waals surface area (Å²) in [7, 11) is -10.0. The smallest absolute Gasteiger partial charge is 0.462 e. The Morgan fingerprint density at radius 3 is 0.855 bits per heavy atom. The first-order valence-electron chi connectivity index (χ1n) is 42.0. The fourth-order valence-corrected chi connectivity index (χ4v) is 12.0. The van der Waals surface area contributed by atoms with E-state index in [0.717, 1.165) is 154 Å². The number of carbonyl (C=O) groups is 4. The molecule has 0 aliphatic carbocycles. The van der Waals surface area contributed by atoms with Crippen molar-refractivity contribution in [1.82, 2.24) is 0 Å². The van der Waals surface area contributed by atoms with Crippen molar-refractivity contribution in [3.05, 3.63) is 182 Å². The van der Waals surface area contributed by atoms with Gasteiger partial charge in [0.1, 0.15) is 19.3 Å². The number of esters is 4. The van der Waals surface area contributed by atoms with Crippen molar-refractivity contribution < 1.29 is 80.2 Å². The van der Waals surface area contributed by atoms with Gasteiger partial charge in [0.2, 0.25) is 0 Å². The second kappa shape index (κ2) is 81.2. The van der Waals surface area contributed by atoms with E-state index in [9.17, 15) is 43.2 Å². The molecular formula is C91H148O17P2. The van der Waals surface area contributed by atoms with E-state index in [4.69, 9.17) is 37.0 Å². The van der Waals surface area contributed by atoms with Gasteiger partial charge in [0.15, 0.2) is 12.2 Å². The van der Waals surface area contributed by atoms with E-state index in [1.165, 1.54) is 64.2 Å². The molecule has 19 heteroatoms. The number of allylic oxidation sites excluding steroid dienone is 30. The molecule has 17 nitrogen and oxygen atoms in total. The van der Waals surface area contributed by atoms with Crippen molar-refractivity contribution in [3.8, 4) is 0 Å². The van der Waals surface area contributed by atoms with Crippen LogP contribution in [-0.4, -0.2) is 96.7 Å². The van der Waals surface area contributed by atoms with Crippen LogP contribution in [-0.2, 0) is 65.4 Å². The van der Waals surface area contributed by atoms with Gasteiger partial charge >= 0.3 is 39.5 Å². The van der Waals surface area contributed by atoms with Crippen LogP contribution in [0.15, 0.2) is 182 Å². The first kappa shape index (κ1) is 104. The van der Waals surface area contributed by atoms with Gasteiger partial charge in [0.05, 0.1) is 26.4 Å². The third-order valence-electron chi connectivity index (χ3n) is 16.8. The fourth-order valence-electron chi connectivity index (χ4n) is 10.5. The number of hydrogen-bond donors (Lipinski definition) is 3. The van der Waals surface area contributed by atoms with Gasteiger partial charge in [-0.1, -0.05) is 293 Å². The van der Waals surface area contributed by atoms with E-state index in [-0.39, 0.29) is 25.7 Å². The van der Waals surface area contributed by atoms with Crippen molar-refractivity contribution >= 4 is 39.5 Å². The molecule has 0 fully saturated rings. The summed E-state index contributed by atoms with van der Waals surface area (Å²) in [5, 5.41) is 10.7. The average Bonchev–Trinajstić information content (AvgIpc) is 0.899. The van der Waals surface area contributed by atoms with Gasteiger partial charge in [-0.05, 0) is 173 Å². The highest BCUT2D eigenvalue weighted by molar-refractivity contribution is 7.47. The monoisotopic (exact) mass is 1580 g/mol. The van der Waals surface area contributed by atoms with Crippen molar-refractivity contribution in [1.29, 1.82) is 0 Å². The van der Waals surface area contributed by atoms with Crippen LogP contribution in [0.4, 0.5) is 0 Å². The molecule has 0 saturated heterocycles. The first-order chi connectivity index (χ1) is 53.7. The molecular weight excluding hydrogens is 1430 g/mol. The summed E-state index contributed by atoms with van der Waals surface area (Å²) in [6.07, 6.45) is 98.8. The van der Waals surface area contributed by atoms with Crippen molar-refractivity contribution in [2.45, 2.75) is 329 Å². The van der Waals surface area contributed by atoms with Gasteiger partial charge in [-0.3, -0.25) is 37.3 Å². The van der Waals surface area contributed by atoms with E-state index >= 15 is 0 Å². The summed E-state index contributed by atoms with van der Waals surface area (Å²) in [5.74, 6) is -2.39. The Morgan fingerprint density at radius 1 is 0.264 bits per heavy atom. The van der Waals surface area contributed by atoms with Crippen molar-refractivity contribution in [3.63, 3.8) is 0 Å². The molecule has 0 aromatic carbocycles. The Balaban J connectivity index is 5.54. The Morgan fingerprint density at radius 2 is 0.500 bits per heavy atom. The average molecular weight is 1580 g/mol. The van der Waals surface area contributed by atoms with Crippen LogP contribution in [0.1, 0.15) is 310 Å². The highest BCUT2D eigenvalue weighted by Crippen LogP contribution is 2.45. The summed E-state index contributed by atoms with van der Waals surface area (Å²) in [4.78, 5) is 73.1. The molecule has 3 N–H and O–H groups in total. The molecule has 0 aliphatic heterocycles. The highest BCUT2D eigenvalue weighted by atomic mass is 31.2. The minimum absolute atomic E-state index is 0.00345. The topological polar surface area (TPSA) is 237 Å². The van der Waals surface area contributed by atoms with Gasteiger partial charge in [0.25, 0.3) is 0 Å². The summed E-state index contributed by atoms with van der Waals surface area (Å²) in [6, 6.07) is 0. The van der Waals surface area contributed by atoms with E-state index in [1.807, 2.05) is 30.4 Å². The molecule has 0 aliphatic rings. The molecule has 110 heavy (non-hydrogen) atoms. The maximum Gasteiger partial charge on any atom is 0.472 e. The number of carbonyl (C=O) groups excluding carboxylic acids is 4. The quantitative estimate of drug-likeness (QED) is 0.0169. The normalized spacial score (nSPS) is 14.7. The zero-order chi connectivity index (χ0) is 80.3. The van der Waals surface area contributed by atoms with Crippen molar-refractivity contribution in [2.75, 3.05) is 39.6 Å². The maximum absolute atomic E-state index is 13.1. The van der Waals surface area contributed by atoms with E-state index in [0.29, 0.717) is 38.5 Å². The highest BCUT2D eigenvalue weighted by Gasteiger charge is 2.30. The zero-order valence-electron chi connectivity index (χ0n) is 68.4. The molecule has 2 unspecified atom stereocenters. The van der Waals surface area contributed by atoms with E-state index in [2.05, 4.69) is 180 Å². The summed E-state index contributed by atoms with van der Waals surface area (Å²) in [6.45, 7) is 4.50.